The molecule has 1 heterocycles. The van der Waals surface area contributed by atoms with Gasteiger partial charge in [0.15, 0.2) is 5.76 Å². The van der Waals surface area contributed by atoms with Crippen molar-refractivity contribution in [2.75, 3.05) is 7.05 Å². The highest BCUT2D eigenvalue weighted by Crippen LogP contribution is 2.29. The lowest BCUT2D eigenvalue weighted by Crippen LogP contribution is -2.26. The molecule has 0 atom stereocenters. The van der Waals surface area contributed by atoms with Crippen LogP contribution in [-0.4, -0.2) is 17.9 Å². The second-order valence-corrected chi connectivity index (χ2v) is 6.64. The quantitative estimate of drug-likeness (QED) is 0.621. The van der Waals surface area contributed by atoms with Crippen LogP contribution in [0.3, 0.4) is 0 Å². The Morgan fingerprint density at radius 3 is 2.56 bits per heavy atom. The van der Waals surface area contributed by atoms with Crippen LogP contribution >= 0.6 is 11.6 Å². The molecule has 0 bridgehead atoms. The standard InChI is InChI=1S/C21H20ClNO2/c1-14-8-9-16(15(2)12-14)13-23(3)21(24)20-11-10-19(25-20)17-6-4-5-7-18(17)22/h4-12H,13H2,1-3H3. The van der Waals surface area contributed by atoms with Crippen molar-refractivity contribution in [3.63, 3.8) is 0 Å². The lowest BCUT2D eigenvalue weighted by atomic mass is 10.1. The predicted octanol–water partition coefficient (Wildman–Crippen LogP) is 5.49. The highest BCUT2D eigenvalue weighted by molar-refractivity contribution is 6.33. The Kier molecular flexibility index (Phi) is 4.95. The fourth-order valence-electron chi connectivity index (χ4n) is 2.80. The molecule has 0 aliphatic rings. The van der Waals surface area contributed by atoms with Crippen molar-refractivity contribution in [2.24, 2.45) is 0 Å². The largest absolute Gasteiger partial charge is 0.451 e. The fraction of sp³-hybridized carbons (Fsp3) is 0.190. The number of hydrogen-bond acceptors (Lipinski definition) is 2. The maximum absolute atomic E-state index is 12.7. The van der Waals surface area contributed by atoms with Gasteiger partial charge in [0.05, 0.1) is 5.02 Å². The van der Waals surface area contributed by atoms with Crippen LogP contribution in [0.5, 0.6) is 0 Å². The first-order valence-corrected chi connectivity index (χ1v) is 8.50. The molecule has 1 amide bonds. The van der Waals surface area contributed by atoms with Gasteiger partial charge in [0.1, 0.15) is 5.76 Å². The molecule has 0 saturated carbocycles. The molecular formula is C21H20ClNO2. The molecule has 0 fully saturated rings. The van der Waals surface area contributed by atoms with Crippen LogP contribution in [0.25, 0.3) is 11.3 Å². The van der Waals surface area contributed by atoms with E-state index in [0.717, 1.165) is 11.1 Å². The van der Waals surface area contributed by atoms with Gasteiger partial charge in [-0.1, -0.05) is 47.5 Å². The Hall–Kier alpha value is -2.52. The Bertz CT molecular complexity index is 914. The van der Waals surface area contributed by atoms with Gasteiger partial charge in [0, 0.05) is 19.2 Å². The summed E-state index contributed by atoms with van der Waals surface area (Å²) in [7, 11) is 1.78. The second-order valence-electron chi connectivity index (χ2n) is 6.23. The predicted molar refractivity (Wildman–Crippen MR) is 101 cm³/mol. The molecule has 3 aromatic rings. The Balaban J connectivity index is 1.78. The molecule has 0 saturated heterocycles. The zero-order chi connectivity index (χ0) is 18.0. The number of hydrogen-bond donors (Lipinski definition) is 0. The van der Waals surface area contributed by atoms with Gasteiger partial charge in [-0.15, -0.1) is 0 Å². The Labute approximate surface area is 152 Å². The maximum atomic E-state index is 12.7. The minimum absolute atomic E-state index is 0.154. The topological polar surface area (TPSA) is 33.5 Å². The first-order chi connectivity index (χ1) is 12.0. The highest BCUT2D eigenvalue weighted by Gasteiger charge is 2.18. The third-order valence-electron chi connectivity index (χ3n) is 4.21. The molecule has 0 spiro atoms. The minimum Gasteiger partial charge on any atom is -0.451 e. The fourth-order valence-corrected chi connectivity index (χ4v) is 3.03. The number of aryl methyl sites for hydroxylation is 2. The van der Waals surface area contributed by atoms with Crippen molar-refractivity contribution in [3.05, 3.63) is 82.1 Å². The molecule has 0 N–H and O–H groups in total. The Morgan fingerprint density at radius 2 is 1.84 bits per heavy atom. The minimum atomic E-state index is -0.154. The van der Waals surface area contributed by atoms with E-state index in [4.69, 9.17) is 16.0 Å². The molecule has 3 nitrogen and oxygen atoms in total. The van der Waals surface area contributed by atoms with Crippen LogP contribution in [0.4, 0.5) is 0 Å². The van der Waals surface area contributed by atoms with Gasteiger partial charge in [-0.2, -0.15) is 0 Å². The van der Waals surface area contributed by atoms with E-state index < -0.39 is 0 Å². The van der Waals surface area contributed by atoms with E-state index in [2.05, 4.69) is 32.0 Å². The summed E-state index contributed by atoms with van der Waals surface area (Å²) in [6.07, 6.45) is 0. The van der Waals surface area contributed by atoms with Gasteiger partial charge in [-0.3, -0.25) is 4.79 Å². The van der Waals surface area contributed by atoms with Crippen LogP contribution < -0.4 is 0 Å². The first kappa shape index (κ1) is 17.3. The monoisotopic (exact) mass is 353 g/mol. The number of carbonyl (C=O) groups excluding carboxylic acids is 1. The molecule has 0 radical (unpaired) electrons. The van der Waals surface area contributed by atoms with Crippen molar-refractivity contribution in [1.29, 1.82) is 0 Å². The summed E-state index contributed by atoms with van der Waals surface area (Å²) in [6.45, 7) is 4.65. The van der Waals surface area contributed by atoms with Crippen molar-refractivity contribution in [3.8, 4) is 11.3 Å². The van der Waals surface area contributed by atoms with E-state index in [0.29, 0.717) is 23.1 Å². The van der Waals surface area contributed by atoms with Crippen LogP contribution in [0.2, 0.25) is 5.02 Å². The highest BCUT2D eigenvalue weighted by atomic mass is 35.5. The summed E-state index contributed by atoms with van der Waals surface area (Å²) < 4.78 is 5.74. The molecule has 25 heavy (non-hydrogen) atoms. The van der Waals surface area contributed by atoms with Crippen molar-refractivity contribution < 1.29 is 9.21 Å². The third kappa shape index (κ3) is 3.77. The van der Waals surface area contributed by atoms with Crippen LogP contribution in [0, 0.1) is 13.8 Å². The smallest absolute Gasteiger partial charge is 0.289 e. The first-order valence-electron chi connectivity index (χ1n) is 8.12. The van der Waals surface area contributed by atoms with E-state index in [-0.39, 0.29) is 5.91 Å². The summed E-state index contributed by atoms with van der Waals surface area (Å²) in [5.41, 5.74) is 4.29. The van der Waals surface area contributed by atoms with Crippen molar-refractivity contribution >= 4 is 17.5 Å². The molecule has 3 rings (SSSR count). The van der Waals surface area contributed by atoms with E-state index in [1.807, 2.05) is 18.2 Å². The van der Waals surface area contributed by atoms with E-state index in [9.17, 15) is 4.79 Å². The molecule has 0 aliphatic carbocycles. The number of benzene rings is 2. The second kappa shape index (κ2) is 7.16. The van der Waals surface area contributed by atoms with E-state index in [1.165, 1.54) is 11.1 Å². The normalized spacial score (nSPS) is 10.7. The number of furan rings is 1. The summed E-state index contributed by atoms with van der Waals surface area (Å²) in [5.74, 6) is 0.745. The van der Waals surface area contributed by atoms with Gasteiger partial charge in [-0.25, -0.2) is 0 Å². The number of nitrogens with zero attached hydrogens (tertiary/aromatic N) is 1. The third-order valence-corrected chi connectivity index (χ3v) is 4.54. The van der Waals surface area contributed by atoms with E-state index >= 15 is 0 Å². The zero-order valence-corrected chi connectivity index (χ0v) is 15.3. The maximum Gasteiger partial charge on any atom is 0.289 e. The number of rotatable bonds is 4. The zero-order valence-electron chi connectivity index (χ0n) is 14.5. The van der Waals surface area contributed by atoms with Crippen molar-refractivity contribution in [2.45, 2.75) is 20.4 Å². The molecule has 0 unspecified atom stereocenters. The Morgan fingerprint density at radius 1 is 1.08 bits per heavy atom. The molecule has 0 aliphatic heterocycles. The molecule has 1 aromatic heterocycles. The van der Waals surface area contributed by atoms with Gasteiger partial charge >= 0.3 is 0 Å². The van der Waals surface area contributed by atoms with Crippen molar-refractivity contribution in [1.82, 2.24) is 4.90 Å². The number of amides is 1. The van der Waals surface area contributed by atoms with Crippen LogP contribution in [-0.2, 0) is 6.54 Å². The molecule has 128 valence electrons. The average Bonchev–Trinajstić information content (AvgIpc) is 3.06. The summed E-state index contributed by atoms with van der Waals surface area (Å²) in [5, 5.41) is 0.597. The number of carbonyl (C=O) groups is 1. The summed E-state index contributed by atoms with van der Waals surface area (Å²) in [6, 6.07) is 17.1. The molecule has 2 aromatic carbocycles. The summed E-state index contributed by atoms with van der Waals surface area (Å²) >= 11 is 6.19. The molecular weight excluding hydrogens is 334 g/mol. The average molecular weight is 354 g/mol. The van der Waals surface area contributed by atoms with E-state index in [1.54, 1.807) is 30.1 Å². The van der Waals surface area contributed by atoms with Gasteiger partial charge in [0.2, 0.25) is 0 Å². The molecule has 4 heteroatoms. The summed E-state index contributed by atoms with van der Waals surface area (Å²) in [4.78, 5) is 14.3. The van der Waals surface area contributed by atoms with Crippen LogP contribution in [0.1, 0.15) is 27.2 Å². The van der Waals surface area contributed by atoms with Gasteiger partial charge in [0.25, 0.3) is 5.91 Å². The lowest BCUT2D eigenvalue weighted by Gasteiger charge is -2.17. The number of halogens is 1. The lowest BCUT2D eigenvalue weighted by molar-refractivity contribution is 0.0754. The van der Waals surface area contributed by atoms with Gasteiger partial charge < -0.3 is 9.32 Å². The van der Waals surface area contributed by atoms with Gasteiger partial charge in [-0.05, 0) is 49.2 Å². The van der Waals surface area contributed by atoms with Crippen LogP contribution in [0.15, 0.2) is 59.0 Å². The SMILES string of the molecule is Cc1ccc(CN(C)C(=O)c2ccc(-c3ccccc3Cl)o2)c(C)c1.